The first-order valence-electron chi connectivity index (χ1n) is 6.58. The van der Waals surface area contributed by atoms with Gasteiger partial charge in [-0.05, 0) is 56.4 Å². The molecule has 0 unspecified atom stereocenters. The average Bonchev–Trinajstić information content (AvgIpc) is 2.34. The fourth-order valence-electron chi connectivity index (χ4n) is 2.74. The highest BCUT2D eigenvalue weighted by Crippen LogP contribution is 2.33. The molecule has 0 radical (unpaired) electrons. The van der Waals surface area contributed by atoms with Gasteiger partial charge in [-0.2, -0.15) is 0 Å². The Balaban J connectivity index is 2.03. The predicted molar refractivity (Wildman–Crippen MR) is 74.0 cm³/mol. The van der Waals surface area contributed by atoms with Crippen LogP contribution in [-0.4, -0.2) is 24.5 Å². The Hall–Kier alpha value is -1.22. The van der Waals surface area contributed by atoms with Crippen LogP contribution in [0.1, 0.15) is 37.7 Å². The van der Waals surface area contributed by atoms with Crippen molar-refractivity contribution in [2.45, 2.75) is 32.1 Å². The molecule has 0 saturated carbocycles. The van der Waals surface area contributed by atoms with Crippen LogP contribution in [0.3, 0.4) is 0 Å². The highest BCUT2D eigenvalue weighted by Gasteiger charge is 2.21. The minimum absolute atomic E-state index is 0.589. The molecule has 4 N–H and O–H groups in total. The van der Waals surface area contributed by atoms with Crippen molar-refractivity contribution in [2.24, 2.45) is 0 Å². The second kappa shape index (κ2) is 5.41. The van der Waals surface area contributed by atoms with E-state index in [9.17, 15) is 0 Å². The number of para-hydroxylation sites is 1. The molecule has 0 aliphatic carbocycles. The smallest absolute Gasteiger partial charge is 0.0583 e. The van der Waals surface area contributed by atoms with Gasteiger partial charge in [0, 0.05) is 0 Å². The molecule has 1 aliphatic rings. The lowest BCUT2D eigenvalue weighted by atomic mass is 9.88. The Bertz CT molecular complexity index is 368. The third-order valence-corrected chi connectivity index (χ3v) is 3.74. The fourth-order valence-corrected chi connectivity index (χ4v) is 2.74. The summed E-state index contributed by atoms with van der Waals surface area (Å²) in [7, 11) is 0. The topological polar surface area (TPSA) is 55.3 Å². The van der Waals surface area contributed by atoms with Gasteiger partial charge in [0.05, 0.1) is 11.4 Å². The third kappa shape index (κ3) is 2.72. The van der Waals surface area contributed by atoms with Gasteiger partial charge in [0.15, 0.2) is 0 Å². The lowest BCUT2D eigenvalue weighted by molar-refractivity contribution is 0.213. The summed E-state index contributed by atoms with van der Waals surface area (Å²) in [6.07, 6.45) is 3.65. The molecular formula is C14H23N3. The van der Waals surface area contributed by atoms with Gasteiger partial charge >= 0.3 is 0 Å². The summed E-state index contributed by atoms with van der Waals surface area (Å²) < 4.78 is 0. The standard InChI is InChI=1S/C14H23N3/c1-2-8-17-9-6-11(7-10-17)12-4-3-5-13(15)14(12)16/h3-5,11H,2,6-10,15-16H2,1H3. The van der Waals surface area contributed by atoms with E-state index in [0.29, 0.717) is 5.92 Å². The SMILES string of the molecule is CCCN1CCC(c2cccc(N)c2N)CC1. The maximum atomic E-state index is 6.07. The van der Waals surface area contributed by atoms with E-state index in [4.69, 9.17) is 11.5 Å². The molecule has 17 heavy (non-hydrogen) atoms. The molecule has 0 atom stereocenters. The van der Waals surface area contributed by atoms with Gasteiger partial charge in [-0.3, -0.25) is 0 Å². The van der Waals surface area contributed by atoms with Crippen molar-refractivity contribution < 1.29 is 0 Å². The lowest BCUT2D eigenvalue weighted by Crippen LogP contribution is -2.33. The molecule has 0 spiro atoms. The van der Waals surface area contributed by atoms with Gasteiger partial charge in [0.25, 0.3) is 0 Å². The Labute approximate surface area is 104 Å². The van der Waals surface area contributed by atoms with E-state index in [1.165, 1.54) is 44.5 Å². The Morgan fingerprint density at radius 1 is 1.24 bits per heavy atom. The van der Waals surface area contributed by atoms with Gasteiger partial charge in [0.2, 0.25) is 0 Å². The van der Waals surface area contributed by atoms with Crippen LogP contribution in [0.25, 0.3) is 0 Å². The first-order chi connectivity index (χ1) is 8.22. The van der Waals surface area contributed by atoms with Gasteiger partial charge in [-0.1, -0.05) is 19.1 Å². The van der Waals surface area contributed by atoms with Crippen LogP contribution in [0.2, 0.25) is 0 Å². The lowest BCUT2D eigenvalue weighted by Gasteiger charge is -2.32. The monoisotopic (exact) mass is 233 g/mol. The van der Waals surface area contributed by atoms with Gasteiger partial charge < -0.3 is 16.4 Å². The van der Waals surface area contributed by atoms with Crippen molar-refractivity contribution >= 4 is 11.4 Å². The van der Waals surface area contributed by atoms with Crippen molar-refractivity contribution in [2.75, 3.05) is 31.1 Å². The molecule has 1 heterocycles. The number of hydrogen-bond donors (Lipinski definition) is 2. The first kappa shape index (κ1) is 12.2. The number of piperidine rings is 1. The van der Waals surface area contributed by atoms with E-state index in [1.54, 1.807) is 0 Å². The number of benzene rings is 1. The van der Waals surface area contributed by atoms with Gasteiger partial charge in [-0.15, -0.1) is 0 Å². The van der Waals surface area contributed by atoms with Crippen molar-refractivity contribution in [3.8, 4) is 0 Å². The zero-order valence-corrected chi connectivity index (χ0v) is 10.7. The van der Waals surface area contributed by atoms with Crippen LogP contribution in [0.4, 0.5) is 11.4 Å². The summed E-state index contributed by atoms with van der Waals surface area (Å²) in [5.41, 5.74) is 14.7. The number of nitrogens with two attached hydrogens (primary N) is 2. The number of hydrogen-bond acceptors (Lipinski definition) is 3. The number of likely N-dealkylation sites (tertiary alicyclic amines) is 1. The van der Waals surface area contributed by atoms with Crippen molar-refractivity contribution in [1.82, 2.24) is 4.90 Å². The maximum Gasteiger partial charge on any atom is 0.0583 e. The van der Waals surface area contributed by atoms with Crippen LogP contribution in [0.15, 0.2) is 18.2 Å². The van der Waals surface area contributed by atoms with Crippen molar-refractivity contribution in [3.63, 3.8) is 0 Å². The van der Waals surface area contributed by atoms with E-state index in [-0.39, 0.29) is 0 Å². The van der Waals surface area contributed by atoms with E-state index >= 15 is 0 Å². The predicted octanol–water partition coefficient (Wildman–Crippen LogP) is 2.44. The number of anilines is 2. The fraction of sp³-hybridized carbons (Fsp3) is 0.571. The van der Waals surface area contributed by atoms with Crippen LogP contribution < -0.4 is 11.5 Å². The summed E-state index contributed by atoms with van der Waals surface area (Å²) in [4.78, 5) is 2.54. The molecule has 1 aromatic rings. The zero-order valence-electron chi connectivity index (χ0n) is 10.7. The second-order valence-electron chi connectivity index (χ2n) is 4.97. The van der Waals surface area contributed by atoms with E-state index < -0.39 is 0 Å². The molecule has 3 nitrogen and oxygen atoms in total. The molecular weight excluding hydrogens is 210 g/mol. The van der Waals surface area contributed by atoms with E-state index in [2.05, 4.69) is 17.9 Å². The molecule has 3 heteroatoms. The third-order valence-electron chi connectivity index (χ3n) is 3.74. The molecule has 1 saturated heterocycles. The Morgan fingerprint density at radius 2 is 1.94 bits per heavy atom. The summed E-state index contributed by atoms with van der Waals surface area (Å²) in [5.74, 6) is 0.589. The summed E-state index contributed by atoms with van der Waals surface area (Å²) in [6.45, 7) is 5.83. The zero-order chi connectivity index (χ0) is 12.3. The number of nitrogen functional groups attached to an aromatic ring is 2. The van der Waals surface area contributed by atoms with Crippen LogP contribution in [0, 0.1) is 0 Å². The molecule has 0 aromatic heterocycles. The Kier molecular flexibility index (Phi) is 3.89. The quantitative estimate of drug-likeness (QED) is 0.788. The molecule has 0 amide bonds. The highest BCUT2D eigenvalue weighted by atomic mass is 15.1. The molecule has 2 rings (SSSR count). The number of rotatable bonds is 3. The molecule has 94 valence electrons. The normalized spacial score (nSPS) is 18.4. The summed E-state index contributed by atoms with van der Waals surface area (Å²) in [6, 6.07) is 6.02. The van der Waals surface area contributed by atoms with Crippen LogP contribution in [0.5, 0.6) is 0 Å². The molecule has 1 aromatic carbocycles. The van der Waals surface area contributed by atoms with Crippen molar-refractivity contribution in [1.29, 1.82) is 0 Å². The minimum Gasteiger partial charge on any atom is -0.397 e. The summed E-state index contributed by atoms with van der Waals surface area (Å²) >= 11 is 0. The van der Waals surface area contributed by atoms with Gasteiger partial charge in [-0.25, -0.2) is 0 Å². The van der Waals surface area contributed by atoms with Crippen LogP contribution >= 0.6 is 0 Å². The number of nitrogens with zero attached hydrogens (tertiary/aromatic N) is 1. The average molecular weight is 233 g/mol. The molecule has 0 bridgehead atoms. The van der Waals surface area contributed by atoms with E-state index in [1.807, 2.05) is 12.1 Å². The second-order valence-corrected chi connectivity index (χ2v) is 4.97. The maximum absolute atomic E-state index is 6.07. The first-order valence-corrected chi connectivity index (χ1v) is 6.58. The Morgan fingerprint density at radius 3 is 2.59 bits per heavy atom. The highest BCUT2D eigenvalue weighted by molar-refractivity contribution is 5.68. The van der Waals surface area contributed by atoms with Crippen molar-refractivity contribution in [3.05, 3.63) is 23.8 Å². The van der Waals surface area contributed by atoms with Gasteiger partial charge in [0.1, 0.15) is 0 Å². The molecule has 1 fully saturated rings. The minimum atomic E-state index is 0.589. The van der Waals surface area contributed by atoms with Crippen LogP contribution in [-0.2, 0) is 0 Å². The van der Waals surface area contributed by atoms with E-state index in [0.717, 1.165) is 11.4 Å². The molecule has 1 aliphatic heterocycles. The summed E-state index contributed by atoms with van der Waals surface area (Å²) in [5, 5.41) is 0. The largest absolute Gasteiger partial charge is 0.397 e.